The van der Waals surface area contributed by atoms with Crippen molar-refractivity contribution in [3.63, 3.8) is 0 Å². The summed E-state index contributed by atoms with van der Waals surface area (Å²) in [5.41, 5.74) is 0.203. The number of benzene rings is 1. The normalized spacial score (nSPS) is 11.8. The van der Waals surface area contributed by atoms with Gasteiger partial charge in [-0.25, -0.2) is 4.98 Å². The first-order chi connectivity index (χ1) is 10.9. The van der Waals surface area contributed by atoms with E-state index in [-0.39, 0.29) is 5.91 Å². The van der Waals surface area contributed by atoms with Crippen LogP contribution in [0.1, 0.15) is 26.5 Å². The van der Waals surface area contributed by atoms with Crippen LogP contribution in [0.5, 0.6) is 0 Å². The summed E-state index contributed by atoms with van der Waals surface area (Å²) in [6, 6.07) is 9.30. The maximum Gasteiger partial charge on any atom is 0.234 e. The fraction of sp³-hybridized carbons (Fsp3) is 0.294. The Bertz CT molecular complexity index is 834. The number of fused-ring (bicyclic) bond motifs is 1. The molecule has 1 amide bonds. The number of halogens is 1. The first kappa shape index (κ1) is 16.0. The van der Waals surface area contributed by atoms with Crippen molar-refractivity contribution in [2.45, 2.75) is 27.3 Å². The summed E-state index contributed by atoms with van der Waals surface area (Å²) in [6.07, 6.45) is 1.60. The number of nitrogens with zero attached hydrogens (tertiary/aromatic N) is 2. The second kappa shape index (κ2) is 5.98. The van der Waals surface area contributed by atoms with Crippen molar-refractivity contribution in [1.82, 2.24) is 4.98 Å². The van der Waals surface area contributed by atoms with Crippen molar-refractivity contribution in [2.75, 3.05) is 4.90 Å². The zero-order chi connectivity index (χ0) is 16.6. The average Bonchev–Trinajstić information content (AvgIpc) is 3.12. The molecule has 0 spiro atoms. The van der Waals surface area contributed by atoms with Crippen LogP contribution in [0.3, 0.4) is 0 Å². The molecule has 3 aromatic rings. The lowest BCUT2D eigenvalue weighted by atomic mass is 9.95. The SMILES string of the molecule is CC(C)(C)C(=O)N(Cc1ccco1)c1nc2c(Cl)cccc2s1. The van der Waals surface area contributed by atoms with Gasteiger partial charge in [0, 0.05) is 5.41 Å². The number of furan rings is 1. The average molecular weight is 349 g/mol. The number of hydrogen-bond donors (Lipinski definition) is 0. The Kier molecular flexibility index (Phi) is 4.17. The largest absolute Gasteiger partial charge is 0.467 e. The van der Waals surface area contributed by atoms with Gasteiger partial charge in [0.2, 0.25) is 5.91 Å². The number of carbonyl (C=O) groups excluding carboxylic acids is 1. The van der Waals surface area contributed by atoms with E-state index < -0.39 is 5.41 Å². The Labute approximate surface area is 143 Å². The van der Waals surface area contributed by atoms with Crippen LogP contribution in [0.25, 0.3) is 10.2 Å². The molecule has 0 aliphatic heterocycles. The monoisotopic (exact) mass is 348 g/mol. The van der Waals surface area contributed by atoms with Crippen molar-refractivity contribution in [3.8, 4) is 0 Å². The van der Waals surface area contributed by atoms with Crippen LogP contribution in [-0.2, 0) is 11.3 Å². The molecule has 0 atom stereocenters. The molecule has 0 unspecified atom stereocenters. The van der Waals surface area contributed by atoms with Gasteiger partial charge in [-0.05, 0) is 24.3 Å². The smallest absolute Gasteiger partial charge is 0.234 e. The molecule has 0 fully saturated rings. The van der Waals surface area contributed by atoms with Gasteiger partial charge in [0.15, 0.2) is 5.13 Å². The van der Waals surface area contributed by atoms with Gasteiger partial charge in [-0.1, -0.05) is 49.8 Å². The van der Waals surface area contributed by atoms with E-state index >= 15 is 0 Å². The Balaban J connectivity index is 2.05. The quantitative estimate of drug-likeness (QED) is 0.659. The van der Waals surface area contributed by atoms with Crippen LogP contribution in [0.4, 0.5) is 5.13 Å². The molecule has 0 aliphatic rings. The number of rotatable bonds is 3. The van der Waals surface area contributed by atoms with E-state index in [1.807, 2.05) is 45.0 Å². The van der Waals surface area contributed by atoms with Gasteiger partial charge in [0.1, 0.15) is 11.3 Å². The van der Waals surface area contributed by atoms with E-state index in [1.165, 1.54) is 11.3 Å². The highest BCUT2D eigenvalue weighted by molar-refractivity contribution is 7.22. The highest BCUT2D eigenvalue weighted by Crippen LogP contribution is 2.35. The molecule has 0 bridgehead atoms. The van der Waals surface area contributed by atoms with E-state index in [0.717, 1.165) is 10.2 Å². The minimum Gasteiger partial charge on any atom is -0.467 e. The number of carbonyl (C=O) groups is 1. The molecule has 0 saturated heterocycles. The number of anilines is 1. The van der Waals surface area contributed by atoms with E-state index in [2.05, 4.69) is 4.98 Å². The van der Waals surface area contributed by atoms with E-state index in [4.69, 9.17) is 16.0 Å². The molecule has 0 saturated carbocycles. The zero-order valence-corrected chi connectivity index (χ0v) is 14.7. The number of aromatic nitrogens is 1. The minimum absolute atomic E-state index is 0.0101. The first-order valence-electron chi connectivity index (χ1n) is 7.25. The predicted octanol–water partition coefficient (Wildman–Crippen LogP) is 5.12. The van der Waals surface area contributed by atoms with Gasteiger partial charge in [-0.15, -0.1) is 0 Å². The summed E-state index contributed by atoms with van der Waals surface area (Å²) < 4.78 is 6.36. The van der Waals surface area contributed by atoms with Crippen LogP contribution in [-0.4, -0.2) is 10.9 Å². The van der Waals surface area contributed by atoms with E-state index in [0.29, 0.717) is 22.5 Å². The summed E-state index contributed by atoms with van der Waals surface area (Å²) in [4.78, 5) is 19.1. The Morgan fingerprint density at radius 2 is 2.09 bits per heavy atom. The molecule has 0 aliphatic carbocycles. The van der Waals surface area contributed by atoms with Crippen LogP contribution in [0, 0.1) is 5.41 Å². The molecule has 3 rings (SSSR count). The first-order valence-corrected chi connectivity index (χ1v) is 8.45. The molecule has 1 aromatic carbocycles. The van der Waals surface area contributed by atoms with Gasteiger partial charge >= 0.3 is 0 Å². The van der Waals surface area contributed by atoms with Crippen LogP contribution >= 0.6 is 22.9 Å². The summed E-state index contributed by atoms with van der Waals surface area (Å²) in [5.74, 6) is 0.706. The Morgan fingerprint density at radius 1 is 1.30 bits per heavy atom. The summed E-state index contributed by atoms with van der Waals surface area (Å²) in [6.45, 7) is 6.03. The summed E-state index contributed by atoms with van der Waals surface area (Å²) in [5, 5.41) is 1.22. The summed E-state index contributed by atoms with van der Waals surface area (Å²) in [7, 11) is 0. The highest BCUT2D eigenvalue weighted by Gasteiger charge is 2.31. The Morgan fingerprint density at radius 3 is 2.70 bits per heavy atom. The number of amides is 1. The molecule has 23 heavy (non-hydrogen) atoms. The lowest BCUT2D eigenvalue weighted by Crippen LogP contribution is -2.39. The van der Waals surface area contributed by atoms with Crippen LogP contribution in [0.15, 0.2) is 41.0 Å². The fourth-order valence-corrected chi connectivity index (χ4v) is 3.47. The molecule has 2 aromatic heterocycles. The molecular weight excluding hydrogens is 332 g/mol. The van der Waals surface area contributed by atoms with Crippen LogP contribution in [0.2, 0.25) is 5.02 Å². The maximum absolute atomic E-state index is 12.9. The van der Waals surface area contributed by atoms with Crippen molar-refractivity contribution < 1.29 is 9.21 Å². The Hall–Kier alpha value is -1.85. The van der Waals surface area contributed by atoms with Gasteiger partial charge in [-0.2, -0.15) is 0 Å². The molecule has 4 nitrogen and oxygen atoms in total. The molecular formula is C17H17ClN2O2S. The standard InChI is InChI=1S/C17H17ClN2O2S/c1-17(2,3)15(21)20(10-11-6-5-9-22-11)16-19-14-12(18)7-4-8-13(14)23-16/h4-9H,10H2,1-3H3. The third-order valence-corrected chi connectivity index (χ3v) is 4.72. The van der Waals surface area contributed by atoms with Crippen molar-refractivity contribution in [2.24, 2.45) is 5.41 Å². The zero-order valence-electron chi connectivity index (χ0n) is 13.2. The number of thiazole rings is 1. The third-order valence-electron chi connectivity index (χ3n) is 3.37. The minimum atomic E-state index is -0.520. The topological polar surface area (TPSA) is 46.3 Å². The van der Waals surface area contributed by atoms with Gasteiger partial charge < -0.3 is 4.42 Å². The molecule has 120 valence electrons. The van der Waals surface area contributed by atoms with Crippen molar-refractivity contribution in [1.29, 1.82) is 0 Å². The second-order valence-corrected chi connectivity index (χ2v) is 7.72. The predicted molar refractivity (Wildman–Crippen MR) is 94.0 cm³/mol. The van der Waals surface area contributed by atoms with Crippen molar-refractivity contribution in [3.05, 3.63) is 47.4 Å². The van der Waals surface area contributed by atoms with Gasteiger partial charge in [-0.3, -0.25) is 9.69 Å². The fourth-order valence-electron chi connectivity index (χ4n) is 2.21. The summed E-state index contributed by atoms with van der Waals surface area (Å²) >= 11 is 7.66. The van der Waals surface area contributed by atoms with Crippen LogP contribution < -0.4 is 4.90 Å². The molecule has 0 N–H and O–H groups in total. The lowest BCUT2D eigenvalue weighted by Gasteiger charge is -2.26. The van der Waals surface area contributed by atoms with E-state index in [1.54, 1.807) is 17.2 Å². The van der Waals surface area contributed by atoms with Gasteiger partial charge in [0.25, 0.3) is 0 Å². The van der Waals surface area contributed by atoms with Crippen molar-refractivity contribution >= 4 is 44.2 Å². The maximum atomic E-state index is 12.9. The highest BCUT2D eigenvalue weighted by atomic mass is 35.5. The molecule has 2 heterocycles. The number of para-hydroxylation sites is 1. The second-order valence-electron chi connectivity index (χ2n) is 6.30. The van der Waals surface area contributed by atoms with Gasteiger partial charge in [0.05, 0.1) is 22.5 Å². The lowest BCUT2D eigenvalue weighted by molar-refractivity contribution is -0.126. The third kappa shape index (κ3) is 3.26. The van der Waals surface area contributed by atoms with E-state index in [9.17, 15) is 4.79 Å². The molecule has 0 radical (unpaired) electrons. The number of hydrogen-bond acceptors (Lipinski definition) is 4. The molecule has 6 heteroatoms.